The van der Waals surface area contributed by atoms with Crippen LogP contribution < -0.4 is 0 Å². The molecule has 0 fully saturated rings. The summed E-state index contributed by atoms with van der Waals surface area (Å²) in [7, 11) is 0. The minimum atomic E-state index is -0.959. The molecule has 0 aliphatic carbocycles. The van der Waals surface area contributed by atoms with Crippen LogP contribution in [0.2, 0.25) is 0 Å². The van der Waals surface area contributed by atoms with Crippen molar-refractivity contribution in [3.8, 4) is 0 Å². The second-order valence-corrected chi connectivity index (χ2v) is 5.97. The molecule has 1 unspecified atom stereocenters. The number of aliphatic carboxylic acids is 1. The third-order valence-electron chi connectivity index (χ3n) is 3.78. The van der Waals surface area contributed by atoms with Crippen LogP contribution in [0.3, 0.4) is 0 Å². The van der Waals surface area contributed by atoms with E-state index in [1.807, 2.05) is 18.2 Å². The van der Waals surface area contributed by atoms with E-state index in [1.165, 1.54) is 6.08 Å². The van der Waals surface area contributed by atoms with Crippen LogP contribution in [-0.2, 0) is 4.79 Å². The van der Waals surface area contributed by atoms with Gasteiger partial charge in [0.25, 0.3) is 0 Å². The number of allylic oxidation sites excluding steroid dienone is 7. The molecule has 0 aromatic heterocycles. The lowest BCUT2D eigenvalue weighted by molar-refractivity contribution is -0.524. The molecule has 0 bridgehead atoms. The zero-order valence-corrected chi connectivity index (χ0v) is 15.2. The lowest BCUT2D eigenvalue weighted by Gasteiger charge is -2.08. The number of nitro groups is 1. The summed E-state index contributed by atoms with van der Waals surface area (Å²) in [6.07, 6.45) is 22.2. The molecule has 0 aliphatic rings. The normalized spacial score (nSPS) is 13.5. The molecule has 0 saturated carbocycles. The molecule has 0 aromatic rings. The van der Waals surface area contributed by atoms with Crippen molar-refractivity contribution >= 4 is 5.97 Å². The fraction of sp³-hybridized carbons (Fsp3) is 0.550. The molecule has 1 atom stereocenters. The maximum Gasteiger partial charge on any atom is 0.328 e. The molecule has 0 amide bonds. The molecule has 5 nitrogen and oxygen atoms in total. The van der Waals surface area contributed by atoms with Gasteiger partial charge in [0.05, 0.1) is 0 Å². The predicted octanol–water partition coefficient (Wildman–Crippen LogP) is 5.47. The van der Waals surface area contributed by atoms with E-state index in [9.17, 15) is 14.9 Å². The van der Waals surface area contributed by atoms with Crippen molar-refractivity contribution in [3.63, 3.8) is 0 Å². The first-order valence-corrected chi connectivity index (χ1v) is 9.10. The Balaban J connectivity index is 3.73. The average molecular weight is 349 g/mol. The molecular formula is C20H31NO4. The summed E-state index contributed by atoms with van der Waals surface area (Å²) in [4.78, 5) is 21.1. The zero-order valence-electron chi connectivity index (χ0n) is 15.2. The van der Waals surface area contributed by atoms with Crippen molar-refractivity contribution in [2.24, 2.45) is 0 Å². The van der Waals surface area contributed by atoms with Crippen LogP contribution in [0, 0.1) is 10.1 Å². The maximum atomic E-state index is 11.0. The van der Waals surface area contributed by atoms with Gasteiger partial charge in [-0.25, -0.2) is 4.79 Å². The Labute approximate surface area is 151 Å². The molecule has 1 N–H and O–H groups in total. The van der Waals surface area contributed by atoms with Gasteiger partial charge in [0.15, 0.2) is 0 Å². The van der Waals surface area contributed by atoms with Gasteiger partial charge in [0, 0.05) is 23.8 Å². The molecule has 0 radical (unpaired) electrons. The Morgan fingerprint density at radius 2 is 1.56 bits per heavy atom. The second-order valence-electron chi connectivity index (χ2n) is 5.97. The fourth-order valence-electron chi connectivity index (χ4n) is 2.37. The minimum absolute atomic E-state index is 0.112. The topological polar surface area (TPSA) is 80.4 Å². The molecule has 0 heterocycles. The van der Waals surface area contributed by atoms with Crippen molar-refractivity contribution in [3.05, 3.63) is 58.7 Å². The van der Waals surface area contributed by atoms with Gasteiger partial charge in [0.1, 0.15) is 0 Å². The quantitative estimate of drug-likeness (QED) is 0.140. The molecule has 0 aliphatic heterocycles. The number of nitrogens with zero attached hydrogens (tertiary/aromatic N) is 1. The molecule has 5 heteroatoms. The van der Waals surface area contributed by atoms with Crippen LogP contribution in [0.1, 0.15) is 64.7 Å². The van der Waals surface area contributed by atoms with Crippen LogP contribution >= 0.6 is 0 Å². The standard InChI is InChI=1S/C20H31NO4/c1-2-3-13-16-19(21(24)25)17-14-11-9-7-5-4-6-8-10-12-15-18-20(22)23/h4-6,8,10,12,15,18-19H,2-3,7,9,11,13-14,16-17H2,1H3,(H,22,23)/b5-4?,8-6?,12-10?,18-15-. The van der Waals surface area contributed by atoms with E-state index in [2.05, 4.69) is 13.0 Å². The van der Waals surface area contributed by atoms with Crippen LogP contribution in [0.25, 0.3) is 0 Å². The van der Waals surface area contributed by atoms with E-state index in [4.69, 9.17) is 5.11 Å². The Hall–Kier alpha value is -2.17. The van der Waals surface area contributed by atoms with Crippen LogP contribution in [-0.4, -0.2) is 22.0 Å². The first-order valence-electron chi connectivity index (χ1n) is 9.10. The van der Waals surface area contributed by atoms with Gasteiger partial charge in [-0.3, -0.25) is 10.1 Å². The lowest BCUT2D eigenvalue weighted by Crippen LogP contribution is -2.19. The van der Waals surface area contributed by atoms with Gasteiger partial charge in [-0.05, 0) is 25.7 Å². The highest BCUT2D eigenvalue weighted by Gasteiger charge is 2.18. The number of carbonyl (C=O) groups is 1. The highest BCUT2D eigenvalue weighted by molar-refractivity contribution is 5.80. The molecule has 140 valence electrons. The largest absolute Gasteiger partial charge is 0.478 e. The summed E-state index contributed by atoms with van der Waals surface area (Å²) >= 11 is 0. The average Bonchev–Trinajstić information content (AvgIpc) is 2.56. The van der Waals surface area contributed by atoms with Crippen molar-refractivity contribution in [2.75, 3.05) is 0 Å². The number of rotatable bonds is 15. The summed E-state index contributed by atoms with van der Waals surface area (Å²) < 4.78 is 0. The number of carboxylic acids is 1. The predicted molar refractivity (Wildman–Crippen MR) is 102 cm³/mol. The highest BCUT2D eigenvalue weighted by atomic mass is 16.6. The van der Waals surface area contributed by atoms with Crippen molar-refractivity contribution < 1.29 is 14.8 Å². The molecule has 0 rings (SSSR count). The Morgan fingerprint density at radius 3 is 2.16 bits per heavy atom. The zero-order chi connectivity index (χ0) is 18.8. The van der Waals surface area contributed by atoms with E-state index in [0.29, 0.717) is 12.8 Å². The highest BCUT2D eigenvalue weighted by Crippen LogP contribution is 2.14. The lowest BCUT2D eigenvalue weighted by atomic mass is 10.0. The first kappa shape index (κ1) is 22.8. The molecule has 25 heavy (non-hydrogen) atoms. The van der Waals surface area contributed by atoms with Gasteiger partial charge >= 0.3 is 5.97 Å². The number of hydrogen-bond acceptors (Lipinski definition) is 3. The first-order chi connectivity index (χ1) is 12.1. The number of carboxylic acid groups (broad SMARTS) is 1. The van der Waals surface area contributed by atoms with E-state index in [-0.39, 0.29) is 11.0 Å². The third kappa shape index (κ3) is 16.5. The van der Waals surface area contributed by atoms with Crippen LogP contribution in [0.15, 0.2) is 48.6 Å². The maximum absolute atomic E-state index is 11.0. The number of hydrogen-bond donors (Lipinski definition) is 1. The third-order valence-corrected chi connectivity index (χ3v) is 3.78. The van der Waals surface area contributed by atoms with E-state index in [0.717, 1.165) is 51.0 Å². The van der Waals surface area contributed by atoms with Gasteiger partial charge in [-0.1, -0.05) is 68.7 Å². The fourth-order valence-corrected chi connectivity index (χ4v) is 2.37. The molecule has 0 saturated heterocycles. The van der Waals surface area contributed by atoms with Crippen molar-refractivity contribution in [2.45, 2.75) is 70.8 Å². The second kappa shape index (κ2) is 16.7. The molecular weight excluding hydrogens is 318 g/mol. The van der Waals surface area contributed by atoms with Crippen molar-refractivity contribution in [1.29, 1.82) is 0 Å². The SMILES string of the molecule is CCCCCC(CCCCCC=CC=CC=C/C=C\C(=O)O)[N+](=O)[O-]. The minimum Gasteiger partial charge on any atom is -0.478 e. The Morgan fingerprint density at radius 1 is 0.960 bits per heavy atom. The smallest absolute Gasteiger partial charge is 0.328 e. The monoisotopic (exact) mass is 349 g/mol. The summed E-state index contributed by atoms with van der Waals surface area (Å²) in [6, 6.07) is -0.369. The van der Waals surface area contributed by atoms with Gasteiger partial charge in [-0.15, -0.1) is 0 Å². The Bertz CT molecular complexity index is 478. The Kier molecular flexibility index (Phi) is 15.2. The van der Waals surface area contributed by atoms with Crippen molar-refractivity contribution in [1.82, 2.24) is 0 Å². The summed E-state index contributed by atoms with van der Waals surface area (Å²) in [5.41, 5.74) is 0. The number of unbranched alkanes of at least 4 members (excludes halogenated alkanes) is 5. The van der Waals surface area contributed by atoms with Crippen LogP contribution in [0.5, 0.6) is 0 Å². The van der Waals surface area contributed by atoms with Gasteiger partial charge in [-0.2, -0.15) is 0 Å². The van der Waals surface area contributed by atoms with E-state index < -0.39 is 5.97 Å². The molecule has 0 spiro atoms. The molecule has 0 aromatic carbocycles. The summed E-state index contributed by atoms with van der Waals surface area (Å²) in [5.74, 6) is -0.959. The summed E-state index contributed by atoms with van der Waals surface area (Å²) in [6.45, 7) is 2.11. The van der Waals surface area contributed by atoms with E-state index >= 15 is 0 Å². The van der Waals surface area contributed by atoms with Gasteiger partial charge < -0.3 is 5.11 Å². The summed E-state index contributed by atoms with van der Waals surface area (Å²) in [5, 5.41) is 19.4. The van der Waals surface area contributed by atoms with Crippen LogP contribution in [0.4, 0.5) is 0 Å². The van der Waals surface area contributed by atoms with E-state index in [1.54, 1.807) is 12.2 Å². The van der Waals surface area contributed by atoms with Gasteiger partial charge in [0.2, 0.25) is 6.04 Å².